The van der Waals surface area contributed by atoms with Crippen LogP contribution in [0.15, 0.2) is 47.8 Å². The molecule has 4 rings (SSSR count). The first-order valence-electron chi connectivity index (χ1n) is 10.8. The van der Waals surface area contributed by atoms with Crippen LogP contribution >= 0.6 is 0 Å². The Morgan fingerprint density at radius 2 is 1.57 bits per heavy atom. The van der Waals surface area contributed by atoms with Gasteiger partial charge in [-0.3, -0.25) is 4.98 Å². The number of rotatable bonds is 4. The van der Waals surface area contributed by atoms with Crippen molar-refractivity contribution in [3.8, 4) is 5.88 Å². The molecule has 2 fully saturated rings. The lowest BCUT2D eigenvalue weighted by atomic mass is 9.86. The van der Waals surface area contributed by atoms with Gasteiger partial charge in [-0.25, -0.2) is 27.4 Å². The van der Waals surface area contributed by atoms with Crippen LogP contribution < -0.4 is 4.74 Å². The van der Waals surface area contributed by atoms with E-state index in [0.29, 0.717) is 19.4 Å². The summed E-state index contributed by atoms with van der Waals surface area (Å²) in [6.45, 7) is 0.920. The van der Waals surface area contributed by atoms with E-state index in [2.05, 4.69) is 9.97 Å². The summed E-state index contributed by atoms with van der Waals surface area (Å²) < 4.78 is 115. The Balaban J connectivity index is 0.000000333. The van der Waals surface area contributed by atoms with Crippen LogP contribution in [0, 0.1) is 5.82 Å². The van der Waals surface area contributed by atoms with Gasteiger partial charge in [-0.1, -0.05) is 0 Å². The summed E-state index contributed by atoms with van der Waals surface area (Å²) in [6, 6.07) is 5.90. The maximum absolute atomic E-state index is 13.7. The van der Waals surface area contributed by atoms with Crippen LogP contribution in [0.3, 0.4) is 0 Å². The SMILES string of the molecule is O=C(O)C(F)(F)F.O=C(O)C(F)(F)F.O=S(=O)(c1cccnc1)N1CC2(CC(Oc3ncccc3F)CCO2)C1. The van der Waals surface area contributed by atoms with Crippen molar-refractivity contribution < 1.29 is 68.4 Å². The van der Waals surface area contributed by atoms with E-state index < -0.39 is 45.7 Å². The van der Waals surface area contributed by atoms with Gasteiger partial charge in [0, 0.05) is 44.5 Å². The smallest absolute Gasteiger partial charge is 0.475 e. The second-order valence-corrected chi connectivity index (χ2v) is 10.1. The highest BCUT2D eigenvalue weighted by atomic mass is 32.2. The lowest BCUT2D eigenvalue weighted by molar-refractivity contribution is -0.193. The van der Waals surface area contributed by atoms with E-state index >= 15 is 0 Å². The van der Waals surface area contributed by atoms with Crippen LogP contribution in [-0.2, 0) is 24.3 Å². The average Bonchev–Trinajstić information content (AvgIpc) is 2.84. The maximum atomic E-state index is 13.7. The molecule has 1 unspecified atom stereocenters. The summed E-state index contributed by atoms with van der Waals surface area (Å²) in [6.07, 6.45) is -5.01. The molecule has 1 spiro atoms. The molecule has 2 N–H and O–H groups in total. The van der Waals surface area contributed by atoms with Crippen LogP contribution in [0.5, 0.6) is 5.88 Å². The highest BCUT2D eigenvalue weighted by Crippen LogP contribution is 2.38. The van der Waals surface area contributed by atoms with Gasteiger partial charge in [0.1, 0.15) is 11.0 Å². The molecule has 1 atom stereocenters. The first kappa shape index (κ1) is 32.6. The quantitative estimate of drug-likeness (QED) is 0.496. The monoisotopic (exact) mass is 607 g/mol. The van der Waals surface area contributed by atoms with Gasteiger partial charge < -0.3 is 19.7 Å². The third kappa shape index (κ3) is 8.98. The normalized spacial score (nSPS) is 18.7. The number of aliphatic carboxylic acids is 2. The first-order chi connectivity index (χ1) is 18.4. The molecule has 40 heavy (non-hydrogen) atoms. The number of sulfonamides is 1. The molecule has 2 aromatic heterocycles. The highest BCUT2D eigenvalue weighted by Gasteiger charge is 2.52. The predicted octanol–water partition coefficient (Wildman–Crippen LogP) is 2.88. The minimum absolute atomic E-state index is 0.0336. The van der Waals surface area contributed by atoms with E-state index in [1.54, 1.807) is 6.07 Å². The topological polar surface area (TPSA) is 156 Å². The molecule has 0 aliphatic carbocycles. The number of aromatic nitrogens is 2. The van der Waals surface area contributed by atoms with Gasteiger partial charge in [-0.2, -0.15) is 30.6 Å². The molecule has 4 heterocycles. The van der Waals surface area contributed by atoms with Crippen molar-refractivity contribution in [3.63, 3.8) is 0 Å². The van der Waals surface area contributed by atoms with Gasteiger partial charge in [0.2, 0.25) is 10.0 Å². The zero-order valence-corrected chi connectivity index (χ0v) is 20.7. The van der Waals surface area contributed by atoms with E-state index in [1.807, 2.05) is 0 Å². The number of hydrogen-bond acceptors (Lipinski definition) is 8. The fraction of sp³-hybridized carbons (Fsp3) is 0.429. The summed E-state index contributed by atoms with van der Waals surface area (Å²) in [5.74, 6) is -6.06. The molecule has 0 amide bonds. The molecule has 0 saturated carbocycles. The van der Waals surface area contributed by atoms with Crippen LogP contribution in [0.1, 0.15) is 12.8 Å². The number of carboxylic acid groups (broad SMARTS) is 2. The van der Waals surface area contributed by atoms with E-state index in [-0.39, 0.29) is 30.0 Å². The molecule has 222 valence electrons. The number of hydrogen-bond donors (Lipinski definition) is 2. The first-order valence-corrected chi connectivity index (χ1v) is 12.2. The number of pyridine rings is 2. The van der Waals surface area contributed by atoms with E-state index in [1.165, 1.54) is 41.1 Å². The van der Waals surface area contributed by atoms with Gasteiger partial charge in [-0.15, -0.1) is 0 Å². The number of carbonyl (C=O) groups is 2. The van der Waals surface area contributed by atoms with E-state index in [4.69, 9.17) is 29.3 Å². The Kier molecular flexibility index (Phi) is 10.4. The van der Waals surface area contributed by atoms with Crippen LogP contribution in [0.25, 0.3) is 0 Å². The summed E-state index contributed by atoms with van der Waals surface area (Å²) in [5, 5.41) is 14.2. The zero-order valence-electron chi connectivity index (χ0n) is 19.9. The Hall–Kier alpha value is -3.58. The van der Waals surface area contributed by atoms with Crippen molar-refractivity contribution in [1.82, 2.24) is 14.3 Å². The largest absolute Gasteiger partial charge is 0.490 e. The number of nitrogens with zero attached hydrogens (tertiary/aromatic N) is 3. The number of halogens is 7. The van der Waals surface area contributed by atoms with Crippen molar-refractivity contribution in [3.05, 3.63) is 48.7 Å². The third-order valence-corrected chi connectivity index (χ3v) is 6.91. The molecule has 0 radical (unpaired) electrons. The molecular weight excluding hydrogens is 587 g/mol. The van der Waals surface area contributed by atoms with Crippen molar-refractivity contribution in [2.24, 2.45) is 0 Å². The van der Waals surface area contributed by atoms with Gasteiger partial charge in [-0.05, 0) is 24.3 Å². The standard InChI is InChI=1S/C17H18FN3O4S.2C2HF3O2/c18-15-4-2-7-20-16(15)25-13-5-8-24-17(9-13)11-21(12-17)26(22,23)14-3-1-6-19-10-14;2*3-2(4,5)1(6)7/h1-4,6-7,10,13H,5,8-9,11-12H2;2*(H,6,7). The van der Waals surface area contributed by atoms with Gasteiger partial charge in [0.15, 0.2) is 5.82 Å². The number of carboxylic acids is 2. The molecular formula is C21H20F7N3O8S. The van der Waals surface area contributed by atoms with Gasteiger partial charge in [0.05, 0.1) is 12.2 Å². The number of alkyl halides is 6. The summed E-state index contributed by atoms with van der Waals surface area (Å²) >= 11 is 0. The molecule has 2 saturated heterocycles. The molecule has 11 nitrogen and oxygen atoms in total. The molecule has 2 aromatic rings. The Morgan fingerprint density at radius 1 is 1.02 bits per heavy atom. The minimum atomic E-state index is -5.08. The van der Waals surface area contributed by atoms with Crippen molar-refractivity contribution in [2.75, 3.05) is 19.7 Å². The molecule has 2 aliphatic rings. The third-order valence-electron chi connectivity index (χ3n) is 5.14. The zero-order chi connectivity index (χ0) is 30.4. The molecule has 0 aromatic carbocycles. The average molecular weight is 607 g/mol. The molecule has 19 heteroatoms. The van der Waals surface area contributed by atoms with E-state index in [9.17, 15) is 39.2 Å². The Labute approximate surface area is 221 Å². The lowest BCUT2D eigenvalue weighted by Gasteiger charge is -2.51. The van der Waals surface area contributed by atoms with Gasteiger partial charge in [0.25, 0.3) is 5.88 Å². The number of ether oxygens (including phenoxy) is 2. The van der Waals surface area contributed by atoms with Crippen molar-refractivity contribution >= 4 is 22.0 Å². The van der Waals surface area contributed by atoms with E-state index in [0.717, 1.165) is 0 Å². The molecule has 2 aliphatic heterocycles. The fourth-order valence-corrected chi connectivity index (χ4v) is 4.89. The lowest BCUT2D eigenvalue weighted by Crippen LogP contribution is -2.67. The van der Waals surface area contributed by atoms with Crippen molar-refractivity contribution in [2.45, 2.75) is 41.8 Å². The van der Waals surface area contributed by atoms with Crippen LogP contribution in [0.4, 0.5) is 30.7 Å². The Bertz CT molecular complexity index is 1250. The second kappa shape index (κ2) is 12.7. The summed E-state index contributed by atoms with van der Waals surface area (Å²) in [5.41, 5.74) is -0.594. The fourth-order valence-electron chi connectivity index (χ4n) is 3.33. The summed E-state index contributed by atoms with van der Waals surface area (Å²) in [7, 11) is -3.58. The van der Waals surface area contributed by atoms with Gasteiger partial charge >= 0.3 is 24.3 Å². The minimum Gasteiger partial charge on any atom is -0.475 e. The Morgan fingerprint density at radius 3 is 2.05 bits per heavy atom. The summed E-state index contributed by atoms with van der Waals surface area (Å²) in [4.78, 5) is 25.7. The van der Waals surface area contributed by atoms with Crippen LogP contribution in [0.2, 0.25) is 0 Å². The molecule has 0 bridgehead atoms. The highest BCUT2D eigenvalue weighted by molar-refractivity contribution is 7.89. The van der Waals surface area contributed by atoms with Crippen molar-refractivity contribution in [1.29, 1.82) is 0 Å². The predicted molar refractivity (Wildman–Crippen MR) is 117 cm³/mol. The van der Waals surface area contributed by atoms with Crippen LogP contribution in [-0.4, -0.2) is 88.6 Å². The maximum Gasteiger partial charge on any atom is 0.490 e. The second-order valence-electron chi connectivity index (χ2n) is 8.12.